The highest BCUT2D eigenvalue weighted by atomic mass is 16.9. The summed E-state index contributed by atoms with van der Waals surface area (Å²) in [5.74, 6) is -13.2. The van der Waals surface area contributed by atoms with Gasteiger partial charge in [-0.2, -0.15) is 4.79 Å². The van der Waals surface area contributed by atoms with Crippen LogP contribution in [0.2, 0.25) is 0 Å². The normalized spacial score (nSPS) is 15.3. The van der Waals surface area contributed by atoms with E-state index in [-0.39, 0.29) is 137 Å². The van der Waals surface area contributed by atoms with E-state index >= 15 is 0 Å². The van der Waals surface area contributed by atoms with Gasteiger partial charge in [-0.15, -0.1) is 5.06 Å². The Hall–Kier alpha value is -11.9. The van der Waals surface area contributed by atoms with E-state index < -0.39 is 137 Å². The topological polar surface area (TPSA) is 594 Å². The van der Waals surface area contributed by atoms with Crippen LogP contribution in [-0.2, 0) is 110 Å². The van der Waals surface area contributed by atoms with Crippen LogP contribution in [0.15, 0.2) is 54.6 Å². The van der Waals surface area contributed by atoms with E-state index in [9.17, 15) is 107 Å². The summed E-state index contributed by atoms with van der Waals surface area (Å²) in [4.78, 5) is 200. The smallest absolute Gasteiger partial charge is 0.504 e. The highest BCUT2D eigenvalue weighted by Crippen LogP contribution is 2.28. The average Bonchev–Trinajstić information content (AvgIpc) is 1.34. The van der Waals surface area contributed by atoms with Crippen molar-refractivity contribution in [2.45, 2.75) is 137 Å². The zero-order valence-corrected chi connectivity index (χ0v) is 53.3. The number of hydrogen-bond donors (Lipinski definition) is 13. The third kappa shape index (κ3) is 28.8. The lowest BCUT2D eigenvalue weighted by atomic mass is 10.0. The molecule has 10 amide bonds. The highest BCUT2D eigenvalue weighted by molar-refractivity contribution is 6.03. The van der Waals surface area contributed by atoms with E-state index in [1.165, 1.54) is 48.5 Å². The molecule has 0 radical (unpaired) electrons. The summed E-state index contributed by atoms with van der Waals surface area (Å²) >= 11 is 0. The fourth-order valence-electron chi connectivity index (χ4n) is 7.92. The van der Waals surface area contributed by atoms with Crippen LogP contribution < -0.4 is 16.4 Å². The number of hydrogen-bond acceptors (Lipinski definition) is 30. The van der Waals surface area contributed by atoms with Crippen molar-refractivity contribution < 1.29 is 157 Å². The third-order valence-electron chi connectivity index (χ3n) is 13.1. The van der Waals surface area contributed by atoms with Crippen LogP contribution in [-0.4, -0.2) is 205 Å². The van der Waals surface area contributed by atoms with Crippen LogP contribution in [0.1, 0.15) is 116 Å². The van der Waals surface area contributed by atoms with Gasteiger partial charge in [0.15, 0.2) is 34.5 Å². The number of aromatic hydroxyl groups is 6. The molecule has 4 aliphatic heterocycles. The second-order valence-electron chi connectivity index (χ2n) is 22.2. The molecule has 4 aliphatic rings. The minimum absolute atomic E-state index is 0. The molecule has 7 rings (SSSR count). The van der Waals surface area contributed by atoms with Crippen LogP contribution in [0.5, 0.6) is 34.5 Å². The number of ether oxygens (including phenoxy) is 2. The number of nitrogens with two attached hydrogens (primary N) is 1. The van der Waals surface area contributed by atoms with Crippen molar-refractivity contribution >= 4 is 95.4 Å². The lowest BCUT2D eigenvalue weighted by Crippen LogP contribution is -2.44. The van der Waals surface area contributed by atoms with E-state index in [1.54, 1.807) is 13.8 Å². The largest absolute Gasteiger partial charge is 0.560 e. The Morgan fingerprint density at radius 1 is 0.440 bits per heavy atom. The number of carbonyl (C=O) groups is 16. The average molecular weight is 1420 g/mol. The molecule has 3 aromatic carbocycles. The molecule has 100 heavy (non-hydrogen) atoms. The first-order valence-corrected chi connectivity index (χ1v) is 29.6. The Bertz CT molecular complexity index is 3400. The summed E-state index contributed by atoms with van der Waals surface area (Å²) < 4.78 is 9.70. The third-order valence-corrected chi connectivity index (χ3v) is 13.1. The van der Waals surface area contributed by atoms with Crippen LogP contribution >= 0.6 is 0 Å². The summed E-state index contributed by atoms with van der Waals surface area (Å²) in [6.07, 6.45) is -4.82. The fraction of sp³-hybridized carbons (Fsp3) is 0.443. The van der Waals surface area contributed by atoms with Gasteiger partial charge in [0.05, 0.1) is 19.6 Å². The first kappa shape index (κ1) is 84.2. The Balaban J connectivity index is 0.000000467. The Morgan fingerprint density at radius 3 is 1.08 bits per heavy atom. The van der Waals surface area contributed by atoms with Gasteiger partial charge in [0.2, 0.25) is 5.91 Å². The molecule has 548 valence electrons. The molecule has 0 aliphatic carbocycles. The number of benzene rings is 3. The van der Waals surface area contributed by atoms with Gasteiger partial charge >= 0.3 is 42.3 Å². The van der Waals surface area contributed by atoms with Gasteiger partial charge in [0.25, 0.3) is 47.3 Å². The minimum Gasteiger partial charge on any atom is -0.504 e. The zero-order valence-electron chi connectivity index (χ0n) is 53.3. The molecule has 4 fully saturated rings. The molecule has 39 heteroatoms. The molecule has 3 aromatic rings. The number of imide groups is 4. The maximum Gasteiger partial charge on any atom is 0.560 e. The number of hydroxylamine groups is 8. The van der Waals surface area contributed by atoms with Crippen LogP contribution in [0.25, 0.3) is 0 Å². The number of alkyl carbamates (subject to hydrolysis) is 1. The monoisotopic (exact) mass is 1420 g/mol. The standard InChI is InChI=1S/C24H28N2O11.C14H16N2O9.C9H8N2O7.C9H11NO4.C4H10O.CH4/c1-12(6-21(31)25-15(22(32)33)7-13-2-4-17(27)19(29)9-13)11-37-24(36)26-16(23(34)35)8-14-3-5-18(28)20(30)10-14;1-8(6-13(21)24-15-9(17)2-3-10(15)18)7-23-14(22)25-16-11(19)4-5-12(16)20;12-5-1-2-6(13)10(5)17-9(16)18-11-7(14)3-4-8(11)15;10-6(9(13)14)3-5-1-2-7(11)8(12)4-5;1-4(2)3-5;/h2-5,9-10,12,15-16,27-30H,6-8,11H2,1H3,(H,25,31)(H,26,36)(H,32,33)(H,34,35);8H,2-7H2,1H3;1-4H2;1-2,4,6,11-12H,3,10H2,(H,13,14);4-5H,3H2,1-2H3;1H4. The number of aliphatic carboxylic acids is 3. The number of nitrogens with one attached hydrogen (secondary N) is 2. The van der Waals surface area contributed by atoms with E-state index in [0.717, 1.165) is 6.07 Å². The van der Waals surface area contributed by atoms with Crippen LogP contribution in [0.4, 0.5) is 14.4 Å². The van der Waals surface area contributed by atoms with Crippen molar-refractivity contribution in [3.8, 4) is 34.5 Å². The second kappa shape index (κ2) is 40.6. The molecule has 0 aromatic heterocycles. The number of carbonyl (C=O) groups excluding carboxylic acids is 13. The number of nitrogens with zero attached hydrogens (tertiary/aromatic N) is 4. The van der Waals surface area contributed by atoms with Gasteiger partial charge in [0, 0.05) is 83.2 Å². The number of rotatable bonds is 24. The molecule has 4 saturated heterocycles. The fourth-order valence-corrected chi connectivity index (χ4v) is 7.92. The maximum absolute atomic E-state index is 12.3. The van der Waals surface area contributed by atoms with Crippen molar-refractivity contribution in [2.24, 2.45) is 23.5 Å². The molecule has 4 heterocycles. The molecular formula is C61H77N7O32. The maximum atomic E-state index is 12.3. The van der Waals surface area contributed by atoms with E-state index in [1.807, 2.05) is 13.8 Å². The van der Waals surface area contributed by atoms with Crippen LogP contribution in [0.3, 0.4) is 0 Å². The predicted molar refractivity (Wildman–Crippen MR) is 328 cm³/mol. The van der Waals surface area contributed by atoms with Crippen molar-refractivity contribution in [1.82, 2.24) is 30.9 Å². The number of phenols is 6. The zero-order chi connectivity index (χ0) is 74.5. The molecule has 14 N–H and O–H groups in total. The summed E-state index contributed by atoms with van der Waals surface area (Å²) in [6.45, 7) is 6.84. The van der Waals surface area contributed by atoms with Crippen molar-refractivity contribution in [2.75, 3.05) is 19.8 Å². The quantitative estimate of drug-likeness (QED) is 0.0343. The number of carboxylic acids is 3. The number of aliphatic hydroxyl groups is 1. The molecular weight excluding hydrogens is 1340 g/mol. The minimum atomic E-state index is -1.48. The molecule has 0 spiro atoms. The Morgan fingerprint density at radius 2 is 0.750 bits per heavy atom. The number of amides is 10. The van der Waals surface area contributed by atoms with Crippen molar-refractivity contribution in [1.29, 1.82) is 0 Å². The van der Waals surface area contributed by atoms with Gasteiger partial charge < -0.3 is 81.7 Å². The predicted octanol–water partition coefficient (Wildman–Crippen LogP) is 1.50. The molecule has 5 atom stereocenters. The summed E-state index contributed by atoms with van der Waals surface area (Å²) in [7, 11) is 0. The lowest BCUT2D eigenvalue weighted by molar-refractivity contribution is -0.198. The first-order chi connectivity index (χ1) is 46.4. The first-order valence-electron chi connectivity index (χ1n) is 29.6. The summed E-state index contributed by atoms with van der Waals surface area (Å²) in [6, 6.07) is 7.88. The SMILES string of the molecule is C.CC(C)CO.CC(COC(=O)NC(Cc1ccc(O)c(O)c1)C(=O)O)CC(=O)NC(Cc1ccc(O)c(O)c1)C(=O)O.CC(COC(=O)ON1C(=O)CCC1=O)CC(=O)ON1C(=O)CCC1=O.NC(Cc1ccc(O)c(O)c1)C(=O)O.O=C(ON1C(=O)CCC1=O)ON1C(=O)CCC1=O. The second-order valence-corrected chi connectivity index (χ2v) is 22.2. The van der Waals surface area contributed by atoms with Gasteiger partial charge in [-0.3, -0.25) is 62.5 Å². The summed E-state index contributed by atoms with van der Waals surface area (Å²) in [5.41, 5.74) is 6.56. The molecule has 5 unspecified atom stereocenters. The van der Waals surface area contributed by atoms with E-state index in [2.05, 4.69) is 30.0 Å². The number of phenolic OH excluding ortho intramolecular Hbond substituents is 6. The Kier molecular flexibility index (Phi) is 34.2. The van der Waals surface area contributed by atoms with Gasteiger partial charge in [0.1, 0.15) is 18.1 Å². The van der Waals surface area contributed by atoms with E-state index in [4.69, 9.17) is 35.6 Å². The Labute approximate surface area is 567 Å². The lowest BCUT2D eigenvalue weighted by Gasteiger charge is -2.18. The van der Waals surface area contributed by atoms with Gasteiger partial charge in [-0.25, -0.2) is 24.0 Å². The van der Waals surface area contributed by atoms with Crippen LogP contribution in [0, 0.1) is 17.8 Å². The number of carboxylic acid groups (broad SMARTS) is 3. The molecule has 39 nitrogen and oxygen atoms in total. The molecule has 0 saturated carbocycles. The van der Waals surface area contributed by atoms with Gasteiger partial charge in [-0.1, -0.05) is 68.5 Å². The summed E-state index contributed by atoms with van der Waals surface area (Å²) in [5, 5.41) is 97.1. The number of aliphatic hydroxyl groups excluding tert-OH is 1. The van der Waals surface area contributed by atoms with Crippen molar-refractivity contribution in [3.05, 3.63) is 71.3 Å². The van der Waals surface area contributed by atoms with E-state index in [0.29, 0.717) is 39.3 Å². The van der Waals surface area contributed by atoms with Gasteiger partial charge in [-0.05, 0) is 71.3 Å². The highest BCUT2D eigenvalue weighted by Gasteiger charge is 2.39. The molecule has 0 bridgehead atoms. The van der Waals surface area contributed by atoms with Crippen molar-refractivity contribution in [3.63, 3.8) is 0 Å².